The Balaban J connectivity index is 1.42. The molecule has 1 aromatic heterocycles. The van der Waals surface area contributed by atoms with Crippen LogP contribution in [0.4, 0.5) is 15.8 Å². The molecule has 2 N–H and O–H groups in total. The number of aromatic amines is 1. The Morgan fingerprint density at radius 1 is 1.24 bits per heavy atom. The number of carbonyl (C=O) groups excluding carboxylic acids is 1. The number of nitro groups is 1. The maximum atomic E-state index is 13.9. The highest BCUT2D eigenvalue weighted by atomic mass is 19.1. The summed E-state index contributed by atoms with van der Waals surface area (Å²) in [5.74, 6) is -0.862. The number of amides is 1. The molecule has 3 rings (SSSR count). The monoisotopic (exact) mass is 403 g/mol. The van der Waals surface area contributed by atoms with Crippen molar-refractivity contribution >= 4 is 17.3 Å². The average molecular weight is 403 g/mol. The first-order valence-corrected chi connectivity index (χ1v) is 9.33. The third-order valence-electron chi connectivity index (χ3n) is 4.85. The Hall–Kier alpha value is -3.27. The second kappa shape index (κ2) is 9.28. The van der Waals surface area contributed by atoms with Gasteiger partial charge in [-0.2, -0.15) is 0 Å². The molecule has 1 amide bonds. The molecule has 1 aliphatic rings. The molecule has 0 spiro atoms. The summed E-state index contributed by atoms with van der Waals surface area (Å²) >= 11 is 0. The summed E-state index contributed by atoms with van der Waals surface area (Å²) in [7, 11) is 0. The lowest BCUT2D eigenvalue weighted by Crippen LogP contribution is -2.47. The summed E-state index contributed by atoms with van der Waals surface area (Å²) in [5, 5.41) is 13.4. The van der Waals surface area contributed by atoms with Crippen molar-refractivity contribution < 1.29 is 14.1 Å². The Labute approximate surface area is 166 Å². The molecule has 0 radical (unpaired) electrons. The molecule has 0 unspecified atom stereocenters. The molecular weight excluding hydrogens is 381 g/mol. The van der Waals surface area contributed by atoms with Gasteiger partial charge in [0, 0.05) is 38.8 Å². The molecule has 9 nitrogen and oxygen atoms in total. The molecule has 2 heterocycles. The Morgan fingerprint density at radius 2 is 1.97 bits per heavy atom. The zero-order valence-corrected chi connectivity index (χ0v) is 15.8. The maximum Gasteiger partial charge on any atom is 0.286 e. The van der Waals surface area contributed by atoms with Crippen molar-refractivity contribution in [2.24, 2.45) is 0 Å². The van der Waals surface area contributed by atoms with E-state index in [9.17, 15) is 24.1 Å². The number of benzene rings is 1. The highest BCUT2D eigenvalue weighted by Crippen LogP contribution is 2.20. The number of pyridine rings is 1. The average Bonchev–Trinajstić information content (AvgIpc) is 2.72. The summed E-state index contributed by atoms with van der Waals surface area (Å²) in [6.07, 6.45) is 1.62. The number of H-pyrrole nitrogens is 1. The fraction of sp³-hybridized carbons (Fsp3) is 0.368. The van der Waals surface area contributed by atoms with Gasteiger partial charge in [-0.1, -0.05) is 12.1 Å². The van der Waals surface area contributed by atoms with Crippen molar-refractivity contribution in [2.45, 2.75) is 6.42 Å². The minimum absolute atomic E-state index is 0.222. The lowest BCUT2D eigenvalue weighted by atomic mass is 10.2. The first-order valence-electron chi connectivity index (χ1n) is 9.33. The smallest absolute Gasteiger partial charge is 0.286 e. The first-order chi connectivity index (χ1) is 14.0. The van der Waals surface area contributed by atoms with Gasteiger partial charge in [-0.3, -0.25) is 24.6 Å². The van der Waals surface area contributed by atoms with Crippen molar-refractivity contribution in [1.82, 2.24) is 15.2 Å². The molecule has 2 aromatic rings. The fourth-order valence-corrected chi connectivity index (χ4v) is 3.27. The van der Waals surface area contributed by atoms with E-state index in [1.165, 1.54) is 6.07 Å². The lowest BCUT2D eigenvalue weighted by molar-refractivity contribution is -0.385. The maximum absolute atomic E-state index is 13.9. The van der Waals surface area contributed by atoms with Gasteiger partial charge in [0.05, 0.1) is 16.8 Å². The highest BCUT2D eigenvalue weighted by molar-refractivity contribution is 5.94. The summed E-state index contributed by atoms with van der Waals surface area (Å²) in [6.45, 7) is 4.09. The molecule has 29 heavy (non-hydrogen) atoms. The topological polar surface area (TPSA) is 112 Å². The zero-order valence-electron chi connectivity index (χ0n) is 15.8. The predicted molar refractivity (Wildman–Crippen MR) is 106 cm³/mol. The van der Waals surface area contributed by atoms with Crippen LogP contribution in [0.2, 0.25) is 0 Å². The molecule has 154 valence electrons. The number of para-hydroxylation sites is 1. The quantitative estimate of drug-likeness (QED) is 0.410. The van der Waals surface area contributed by atoms with Gasteiger partial charge in [-0.15, -0.1) is 0 Å². The molecule has 10 heteroatoms. The van der Waals surface area contributed by atoms with Crippen molar-refractivity contribution in [2.75, 3.05) is 44.2 Å². The number of hydrogen-bond donors (Lipinski definition) is 2. The van der Waals surface area contributed by atoms with E-state index in [4.69, 9.17) is 0 Å². The number of nitrogens with zero attached hydrogens (tertiary/aromatic N) is 3. The number of anilines is 1. The van der Waals surface area contributed by atoms with Crippen molar-refractivity contribution in [3.05, 3.63) is 68.4 Å². The zero-order chi connectivity index (χ0) is 20.8. The van der Waals surface area contributed by atoms with Crippen LogP contribution >= 0.6 is 0 Å². The van der Waals surface area contributed by atoms with E-state index in [1.54, 1.807) is 12.1 Å². The van der Waals surface area contributed by atoms with Crippen LogP contribution in [-0.4, -0.2) is 60.0 Å². The van der Waals surface area contributed by atoms with Gasteiger partial charge in [0.25, 0.3) is 17.2 Å². The van der Waals surface area contributed by atoms with Crippen LogP contribution in [0.3, 0.4) is 0 Å². The molecule has 0 saturated carbocycles. The van der Waals surface area contributed by atoms with Gasteiger partial charge in [0.15, 0.2) is 0 Å². The molecule has 0 aliphatic carbocycles. The SMILES string of the molecule is O=C(NCCCN1CCN(c2ccccc2F)CC1)c1cc([N+](=O)[O-])c[nH]c1=O. The summed E-state index contributed by atoms with van der Waals surface area (Å²) in [5.41, 5.74) is -0.681. The van der Waals surface area contributed by atoms with Crippen LogP contribution < -0.4 is 15.8 Å². The van der Waals surface area contributed by atoms with E-state index >= 15 is 0 Å². The molecule has 1 aromatic carbocycles. The van der Waals surface area contributed by atoms with Crippen LogP contribution in [0, 0.1) is 15.9 Å². The van der Waals surface area contributed by atoms with Crippen molar-refractivity contribution in [3.63, 3.8) is 0 Å². The number of piperazine rings is 1. The standard InChI is InChI=1S/C19H22FN5O4/c20-16-4-1-2-5-17(16)24-10-8-23(9-11-24)7-3-6-21-18(26)15-12-14(25(28)29)13-22-19(15)27/h1-2,4-5,12-13H,3,6-11H2,(H,21,26)(H,22,27). The highest BCUT2D eigenvalue weighted by Gasteiger charge is 2.19. The van der Waals surface area contributed by atoms with Gasteiger partial charge in [0.2, 0.25) is 0 Å². The normalized spacial score (nSPS) is 14.6. The van der Waals surface area contributed by atoms with Crippen LogP contribution in [0.1, 0.15) is 16.8 Å². The molecule has 1 aliphatic heterocycles. The Bertz CT molecular complexity index is 940. The predicted octanol–water partition coefficient (Wildman–Crippen LogP) is 1.36. The van der Waals surface area contributed by atoms with E-state index in [-0.39, 0.29) is 17.1 Å². The third kappa shape index (κ3) is 5.17. The fourth-order valence-electron chi connectivity index (χ4n) is 3.27. The number of halogens is 1. The lowest BCUT2D eigenvalue weighted by Gasteiger charge is -2.36. The van der Waals surface area contributed by atoms with Gasteiger partial charge >= 0.3 is 0 Å². The van der Waals surface area contributed by atoms with Crippen LogP contribution in [0.25, 0.3) is 0 Å². The third-order valence-corrected chi connectivity index (χ3v) is 4.85. The van der Waals surface area contributed by atoms with Crippen molar-refractivity contribution in [1.29, 1.82) is 0 Å². The van der Waals surface area contributed by atoms with E-state index < -0.39 is 16.4 Å². The van der Waals surface area contributed by atoms with Crippen molar-refractivity contribution in [3.8, 4) is 0 Å². The van der Waals surface area contributed by atoms with Gasteiger partial charge in [-0.05, 0) is 25.1 Å². The number of hydrogen-bond acceptors (Lipinski definition) is 6. The minimum Gasteiger partial charge on any atom is -0.367 e. The van der Waals surface area contributed by atoms with E-state index in [2.05, 4.69) is 15.2 Å². The number of nitrogens with one attached hydrogen (secondary N) is 2. The van der Waals surface area contributed by atoms with Gasteiger partial charge in [0.1, 0.15) is 11.4 Å². The summed E-state index contributed by atoms with van der Waals surface area (Å²) < 4.78 is 13.9. The van der Waals surface area contributed by atoms with Crippen LogP contribution in [0.15, 0.2) is 41.3 Å². The molecule has 1 fully saturated rings. The number of rotatable bonds is 7. The molecule has 1 saturated heterocycles. The second-order valence-corrected chi connectivity index (χ2v) is 6.75. The van der Waals surface area contributed by atoms with Crippen LogP contribution in [-0.2, 0) is 0 Å². The first kappa shape index (κ1) is 20.5. The van der Waals surface area contributed by atoms with Crippen LogP contribution in [0.5, 0.6) is 0 Å². The van der Waals surface area contributed by atoms with E-state index in [0.717, 1.165) is 45.0 Å². The molecule has 0 bridgehead atoms. The van der Waals surface area contributed by atoms with E-state index in [1.807, 2.05) is 11.0 Å². The second-order valence-electron chi connectivity index (χ2n) is 6.75. The molecule has 0 atom stereocenters. The Kier molecular flexibility index (Phi) is 6.55. The summed E-state index contributed by atoms with van der Waals surface area (Å²) in [6, 6.07) is 7.69. The largest absolute Gasteiger partial charge is 0.367 e. The van der Waals surface area contributed by atoms with Gasteiger partial charge < -0.3 is 15.2 Å². The summed E-state index contributed by atoms with van der Waals surface area (Å²) in [4.78, 5) is 40.4. The van der Waals surface area contributed by atoms with Gasteiger partial charge in [-0.25, -0.2) is 4.39 Å². The minimum atomic E-state index is -0.673. The van der Waals surface area contributed by atoms with E-state index in [0.29, 0.717) is 18.7 Å². The Morgan fingerprint density at radius 3 is 2.66 bits per heavy atom. The number of carbonyl (C=O) groups is 1. The molecular formula is C19H22FN5O4. The number of aromatic nitrogens is 1.